The van der Waals surface area contributed by atoms with Crippen LogP contribution in [0.4, 0.5) is 5.82 Å². The number of amides is 1. The molecule has 128 valence electrons. The third kappa shape index (κ3) is 2.99. The molecule has 0 unspecified atom stereocenters. The monoisotopic (exact) mass is 389 g/mol. The van der Waals surface area contributed by atoms with Gasteiger partial charge in [-0.1, -0.05) is 17.7 Å². The van der Waals surface area contributed by atoms with Gasteiger partial charge in [-0.3, -0.25) is 4.79 Å². The molecule has 4 rings (SSSR count). The average molecular weight is 390 g/mol. The van der Waals surface area contributed by atoms with Gasteiger partial charge in [0.25, 0.3) is 0 Å². The molecule has 1 aliphatic heterocycles. The zero-order chi connectivity index (χ0) is 17.6. The molecule has 1 aromatic carbocycles. The molecular weight excluding hydrogens is 374 g/mol. The summed E-state index contributed by atoms with van der Waals surface area (Å²) in [6.07, 6.45) is 0. The first-order valence-corrected chi connectivity index (χ1v) is 10.2. The SMILES string of the molecule is Cc1ccc(-n2nc(C)c3c2NC(=O)CS[C@H]3c2ccsc2)cc1Cl. The molecule has 0 spiro atoms. The van der Waals surface area contributed by atoms with Crippen molar-refractivity contribution in [2.24, 2.45) is 0 Å². The molecule has 1 amide bonds. The van der Waals surface area contributed by atoms with Crippen LogP contribution in [0, 0.1) is 13.8 Å². The second-order valence-electron chi connectivity index (χ2n) is 5.99. The number of nitrogens with one attached hydrogen (secondary N) is 1. The quantitative estimate of drug-likeness (QED) is 0.672. The predicted molar refractivity (Wildman–Crippen MR) is 105 cm³/mol. The minimum atomic E-state index is -0.0108. The Morgan fingerprint density at radius 2 is 2.16 bits per heavy atom. The second-order valence-corrected chi connectivity index (χ2v) is 8.27. The number of fused-ring (bicyclic) bond motifs is 1. The summed E-state index contributed by atoms with van der Waals surface area (Å²) < 4.78 is 1.79. The molecule has 1 atom stereocenters. The number of nitrogens with zero attached hydrogens (tertiary/aromatic N) is 2. The fraction of sp³-hybridized carbons (Fsp3) is 0.222. The van der Waals surface area contributed by atoms with Crippen LogP contribution in [0.3, 0.4) is 0 Å². The molecular formula is C18H16ClN3OS2. The van der Waals surface area contributed by atoms with E-state index in [1.807, 2.05) is 32.0 Å². The smallest absolute Gasteiger partial charge is 0.235 e. The Morgan fingerprint density at radius 3 is 2.88 bits per heavy atom. The number of aromatic nitrogens is 2. The molecule has 3 heterocycles. The van der Waals surface area contributed by atoms with Gasteiger partial charge in [0.15, 0.2) is 0 Å². The maximum Gasteiger partial charge on any atom is 0.235 e. The molecule has 2 aromatic heterocycles. The van der Waals surface area contributed by atoms with Crippen LogP contribution in [-0.4, -0.2) is 21.4 Å². The van der Waals surface area contributed by atoms with Gasteiger partial charge in [0.1, 0.15) is 5.82 Å². The zero-order valence-electron chi connectivity index (χ0n) is 13.7. The van der Waals surface area contributed by atoms with Crippen molar-refractivity contribution in [2.45, 2.75) is 19.1 Å². The number of benzene rings is 1. The lowest BCUT2D eigenvalue weighted by atomic mass is 10.1. The van der Waals surface area contributed by atoms with E-state index in [-0.39, 0.29) is 11.2 Å². The number of carbonyl (C=O) groups excluding carboxylic acids is 1. The highest BCUT2D eigenvalue weighted by Crippen LogP contribution is 2.44. The first kappa shape index (κ1) is 16.7. The van der Waals surface area contributed by atoms with Crippen molar-refractivity contribution in [1.82, 2.24) is 9.78 Å². The highest BCUT2D eigenvalue weighted by molar-refractivity contribution is 8.00. The van der Waals surface area contributed by atoms with E-state index in [0.717, 1.165) is 28.3 Å². The number of anilines is 1. The molecule has 0 saturated carbocycles. The van der Waals surface area contributed by atoms with Crippen LogP contribution < -0.4 is 5.32 Å². The van der Waals surface area contributed by atoms with Crippen LogP contribution in [0.5, 0.6) is 0 Å². The van der Waals surface area contributed by atoms with Gasteiger partial charge in [0.05, 0.1) is 22.4 Å². The summed E-state index contributed by atoms with van der Waals surface area (Å²) in [5.74, 6) is 1.15. The summed E-state index contributed by atoms with van der Waals surface area (Å²) in [6.45, 7) is 3.95. The zero-order valence-corrected chi connectivity index (χ0v) is 16.1. The predicted octanol–water partition coefficient (Wildman–Crippen LogP) is 4.98. The lowest BCUT2D eigenvalue weighted by molar-refractivity contribution is -0.113. The standard InChI is InChI=1S/C18H16ClN3OS2/c1-10-3-4-13(7-14(10)19)22-18-16(11(2)21-22)17(12-5-6-24-8-12)25-9-15(23)20-18/h3-8,17H,9H2,1-2H3,(H,20,23)/t17-/m0/s1. The van der Waals surface area contributed by atoms with Crippen molar-refractivity contribution in [3.63, 3.8) is 0 Å². The second kappa shape index (κ2) is 6.52. The molecule has 7 heteroatoms. The number of thioether (sulfide) groups is 1. The van der Waals surface area contributed by atoms with Crippen molar-refractivity contribution in [1.29, 1.82) is 0 Å². The van der Waals surface area contributed by atoms with Gasteiger partial charge in [-0.25, -0.2) is 4.68 Å². The molecule has 0 fully saturated rings. The Labute approximate surface area is 159 Å². The molecule has 1 N–H and O–H groups in total. The number of carbonyl (C=O) groups is 1. The van der Waals surface area contributed by atoms with Crippen molar-refractivity contribution in [3.8, 4) is 5.69 Å². The van der Waals surface area contributed by atoms with Crippen molar-refractivity contribution in [3.05, 3.63) is 62.4 Å². The van der Waals surface area contributed by atoms with Crippen LogP contribution in [0.2, 0.25) is 5.02 Å². The lowest BCUT2D eigenvalue weighted by Crippen LogP contribution is -2.15. The molecule has 0 radical (unpaired) electrons. The van der Waals surface area contributed by atoms with Crippen molar-refractivity contribution >= 4 is 46.4 Å². The molecule has 0 saturated heterocycles. The maximum absolute atomic E-state index is 12.3. The minimum Gasteiger partial charge on any atom is -0.310 e. The highest BCUT2D eigenvalue weighted by atomic mass is 35.5. The van der Waals surface area contributed by atoms with E-state index in [1.165, 1.54) is 5.56 Å². The van der Waals surface area contributed by atoms with E-state index in [0.29, 0.717) is 10.8 Å². The van der Waals surface area contributed by atoms with E-state index in [1.54, 1.807) is 27.8 Å². The van der Waals surface area contributed by atoms with Crippen molar-refractivity contribution in [2.75, 3.05) is 11.1 Å². The van der Waals surface area contributed by atoms with Crippen LogP contribution in [-0.2, 0) is 4.79 Å². The summed E-state index contributed by atoms with van der Waals surface area (Å²) in [6, 6.07) is 7.93. The third-order valence-electron chi connectivity index (χ3n) is 4.25. The Balaban J connectivity index is 1.90. The number of thiophene rings is 1. The Bertz CT molecular complexity index is 950. The van der Waals surface area contributed by atoms with Crippen LogP contribution in [0.25, 0.3) is 5.69 Å². The highest BCUT2D eigenvalue weighted by Gasteiger charge is 2.30. The Hall–Kier alpha value is -1.76. The Morgan fingerprint density at radius 1 is 1.32 bits per heavy atom. The molecule has 3 aromatic rings. The first-order chi connectivity index (χ1) is 12.0. The molecule has 25 heavy (non-hydrogen) atoms. The molecule has 0 bridgehead atoms. The number of rotatable bonds is 2. The van der Waals surface area contributed by atoms with Crippen molar-refractivity contribution < 1.29 is 4.79 Å². The number of halogens is 1. The van der Waals surface area contributed by atoms with Crippen LogP contribution >= 0.6 is 34.7 Å². The van der Waals surface area contributed by atoms with Gasteiger partial charge in [0.2, 0.25) is 5.91 Å². The fourth-order valence-electron chi connectivity index (χ4n) is 2.97. The third-order valence-corrected chi connectivity index (χ3v) is 6.63. The van der Waals surface area contributed by atoms with Gasteiger partial charge in [-0.05, 0) is 53.9 Å². The minimum absolute atomic E-state index is 0.0108. The van der Waals surface area contributed by atoms with Gasteiger partial charge in [-0.15, -0.1) is 11.8 Å². The van der Waals surface area contributed by atoms with E-state index >= 15 is 0 Å². The van der Waals surface area contributed by atoms with Gasteiger partial charge in [0, 0.05) is 10.6 Å². The number of hydrogen-bond acceptors (Lipinski definition) is 4. The van der Waals surface area contributed by atoms with E-state index in [4.69, 9.17) is 16.7 Å². The lowest BCUT2D eigenvalue weighted by Gasteiger charge is -2.13. The van der Waals surface area contributed by atoms with E-state index < -0.39 is 0 Å². The summed E-state index contributed by atoms with van der Waals surface area (Å²) in [5, 5.41) is 12.7. The molecule has 1 aliphatic rings. The average Bonchev–Trinajstić information content (AvgIpc) is 3.17. The van der Waals surface area contributed by atoms with Gasteiger partial charge in [-0.2, -0.15) is 16.4 Å². The van der Waals surface area contributed by atoms with Gasteiger partial charge < -0.3 is 5.32 Å². The largest absolute Gasteiger partial charge is 0.310 e. The normalized spacial score (nSPS) is 17.1. The van der Waals surface area contributed by atoms with Gasteiger partial charge >= 0.3 is 0 Å². The molecule has 4 nitrogen and oxygen atoms in total. The van der Waals surface area contributed by atoms with E-state index in [9.17, 15) is 4.79 Å². The summed E-state index contributed by atoms with van der Waals surface area (Å²) in [4.78, 5) is 12.3. The summed E-state index contributed by atoms with van der Waals surface area (Å²) in [5.41, 5.74) is 5.04. The number of hydrogen-bond donors (Lipinski definition) is 1. The maximum atomic E-state index is 12.3. The Kier molecular flexibility index (Phi) is 4.35. The molecule has 0 aliphatic carbocycles. The van der Waals surface area contributed by atoms with E-state index in [2.05, 4.69) is 22.1 Å². The van der Waals surface area contributed by atoms with Crippen LogP contribution in [0.1, 0.15) is 27.6 Å². The summed E-state index contributed by atoms with van der Waals surface area (Å²) >= 11 is 9.59. The fourth-order valence-corrected chi connectivity index (χ4v) is 5.10. The topological polar surface area (TPSA) is 46.9 Å². The van der Waals surface area contributed by atoms with Crippen LogP contribution in [0.15, 0.2) is 35.0 Å². The number of aryl methyl sites for hydroxylation is 2. The first-order valence-electron chi connectivity index (χ1n) is 7.84. The summed E-state index contributed by atoms with van der Waals surface area (Å²) in [7, 11) is 0.